The van der Waals surface area contributed by atoms with Gasteiger partial charge < -0.3 is 5.73 Å². The minimum absolute atomic E-state index is 0.442. The third kappa shape index (κ3) is 2.29. The Balaban J connectivity index is 1.62. The second-order valence-electron chi connectivity index (χ2n) is 5.55. The van der Waals surface area contributed by atoms with E-state index in [4.69, 9.17) is 5.73 Å². The van der Waals surface area contributed by atoms with Crippen molar-refractivity contribution in [1.82, 2.24) is 9.78 Å². The van der Waals surface area contributed by atoms with Crippen LogP contribution in [0, 0.1) is 5.92 Å². The van der Waals surface area contributed by atoms with Crippen LogP contribution < -0.4 is 5.73 Å². The van der Waals surface area contributed by atoms with Gasteiger partial charge >= 0.3 is 0 Å². The molecule has 1 aromatic rings. The fourth-order valence-electron chi connectivity index (χ4n) is 2.71. The van der Waals surface area contributed by atoms with Gasteiger partial charge in [0.25, 0.3) is 0 Å². The fourth-order valence-corrected chi connectivity index (χ4v) is 2.71. The molecular weight excluding hydrogens is 198 g/mol. The summed E-state index contributed by atoms with van der Waals surface area (Å²) in [6, 6.07) is 0.442. The number of hydrogen-bond acceptors (Lipinski definition) is 2. The van der Waals surface area contributed by atoms with Crippen molar-refractivity contribution in [2.75, 3.05) is 0 Å². The highest BCUT2D eigenvalue weighted by molar-refractivity contribution is 5.12. The van der Waals surface area contributed by atoms with E-state index in [1.54, 1.807) is 0 Å². The quantitative estimate of drug-likeness (QED) is 0.847. The summed E-state index contributed by atoms with van der Waals surface area (Å²) in [5.74, 6) is 1.63. The second-order valence-corrected chi connectivity index (χ2v) is 5.55. The molecule has 2 saturated carbocycles. The van der Waals surface area contributed by atoms with Crippen LogP contribution in [0.2, 0.25) is 0 Å². The molecule has 3 heteroatoms. The Kier molecular flexibility index (Phi) is 2.72. The summed E-state index contributed by atoms with van der Waals surface area (Å²) in [6.07, 6.45) is 12.0. The van der Waals surface area contributed by atoms with E-state index in [-0.39, 0.29) is 0 Å². The summed E-state index contributed by atoms with van der Waals surface area (Å²) in [5, 5.41) is 4.48. The molecule has 3 rings (SSSR count). The second kappa shape index (κ2) is 4.21. The molecule has 0 spiro atoms. The van der Waals surface area contributed by atoms with Gasteiger partial charge in [0.05, 0.1) is 6.20 Å². The minimum Gasteiger partial charge on any atom is -0.328 e. The summed E-state index contributed by atoms with van der Waals surface area (Å²) < 4.78 is 2.14. The van der Waals surface area contributed by atoms with Crippen molar-refractivity contribution in [3.8, 4) is 0 Å². The first kappa shape index (κ1) is 10.3. The molecule has 0 amide bonds. The third-order valence-corrected chi connectivity index (χ3v) is 4.04. The van der Waals surface area contributed by atoms with E-state index in [9.17, 15) is 0 Å². The Bertz CT molecular complexity index is 346. The van der Waals surface area contributed by atoms with Crippen molar-refractivity contribution >= 4 is 0 Å². The van der Waals surface area contributed by atoms with E-state index < -0.39 is 0 Å². The molecule has 1 aromatic heterocycles. The summed E-state index contributed by atoms with van der Waals surface area (Å²) in [7, 11) is 0. The first-order valence-electron chi connectivity index (χ1n) is 6.59. The highest BCUT2D eigenvalue weighted by Gasteiger charge is 2.24. The van der Waals surface area contributed by atoms with Gasteiger partial charge in [-0.05, 0) is 55.9 Å². The van der Waals surface area contributed by atoms with Crippen LogP contribution in [-0.4, -0.2) is 15.8 Å². The molecule has 2 N–H and O–H groups in total. The Morgan fingerprint density at radius 1 is 1.19 bits per heavy atom. The summed E-state index contributed by atoms with van der Waals surface area (Å²) in [4.78, 5) is 0. The van der Waals surface area contributed by atoms with Gasteiger partial charge in [-0.2, -0.15) is 5.10 Å². The smallest absolute Gasteiger partial charge is 0.0524 e. The average Bonchev–Trinajstić information content (AvgIpc) is 2.97. The lowest BCUT2D eigenvalue weighted by Gasteiger charge is -2.25. The molecule has 1 heterocycles. The van der Waals surface area contributed by atoms with Crippen LogP contribution >= 0.6 is 0 Å². The first-order valence-corrected chi connectivity index (χ1v) is 6.59. The van der Waals surface area contributed by atoms with Crippen LogP contribution in [0.25, 0.3) is 0 Å². The van der Waals surface area contributed by atoms with Crippen LogP contribution in [0.1, 0.15) is 50.0 Å². The van der Waals surface area contributed by atoms with E-state index in [0.717, 1.165) is 12.5 Å². The summed E-state index contributed by atoms with van der Waals surface area (Å²) >= 11 is 0. The molecule has 2 aliphatic rings. The van der Waals surface area contributed by atoms with Crippen molar-refractivity contribution in [2.24, 2.45) is 11.7 Å². The lowest BCUT2D eigenvalue weighted by molar-refractivity contribution is 0.395. The number of nitrogens with zero attached hydrogens (tertiary/aromatic N) is 2. The van der Waals surface area contributed by atoms with Gasteiger partial charge in [0.2, 0.25) is 0 Å². The SMILES string of the molecule is NC1CCC(c2cnn(CC3CC3)c2)CC1. The predicted molar refractivity (Wildman–Crippen MR) is 64.1 cm³/mol. The maximum Gasteiger partial charge on any atom is 0.0524 e. The molecule has 3 nitrogen and oxygen atoms in total. The topological polar surface area (TPSA) is 43.8 Å². The lowest BCUT2D eigenvalue weighted by atomic mass is 9.83. The number of hydrogen-bond donors (Lipinski definition) is 1. The molecule has 2 aliphatic carbocycles. The van der Waals surface area contributed by atoms with Crippen LogP contribution in [0.5, 0.6) is 0 Å². The Labute approximate surface area is 97.0 Å². The van der Waals surface area contributed by atoms with Crippen molar-refractivity contribution in [3.05, 3.63) is 18.0 Å². The lowest BCUT2D eigenvalue weighted by Crippen LogP contribution is -2.25. The van der Waals surface area contributed by atoms with Crippen LogP contribution in [0.3, 0.4) is 0 Å². The van der Waals surface area contributed by atoms with E-state index in [1.807, 2.05) is 0 Å². The van der Waals surface area contributed by atoms with E-state index in [0.29, 0.717) is 12.0 Å². The zero-order valence-electron chi connectivity index (χ0n) is 9.81. The summed E-state index contributed by atoms with van der Waals surface area (Å²) in [6.45, 7) is 1.13. The summed E-state index contributed by atoms with van der Waals surface area (Å²) in [5.41, 5.74) is 7.37. The molecule has 88 valence electrons. The van der Waals surface area contributed by atoms with Gasteiger partial charge in [0.15, 0.2) is 0 Å². The van der Waals surface area contributed by atoms with Gasteiger partial charge in [-0.3, -0.25) is 4.68 Å². The van der Waals surface area contributed by atoms with E-state index >= 15 is 0 Å². The van der Waals surface area contributed by atoms with Gasteiger partial charge in [-0.15, -0.1) is 0 Å². The number of rotatable bonds is 3. The molecule has 0 atom stereocenters. The van der Waals surface area contributed by atoms with E-state index in [2.05, 4.69) is 22.2 Å². The van der Waals surface area contributed by atoms with Gasteiger partial charge in [-0.1, -0.05) is 0 Å². The molecule has 16 heavy (non-hydrogen) atoms. The normalized spacial score (nSPS) is 30.6. The van der Waals surface area contributed by atoms with Crippen LogP contribution in [0.15, 0.2) is 12.4 Å². The number of aromatic nitrogens is 2. The van der Waals surface area contributed by atoms with E-state index in [1.165, 1.54) is 44.1 Å². The minimum atomic E-state index is 0.442. The van der Waals surface area contributed by atoms with Crippen molar-refractivity contribution in [3.63, 3.8) is 0 Å². The molecule has 0 radical (unpaired) electrons. The molecule has 0 unspecified atom stereocenters. The third-order valence-electron chi connectivity index (χ3n) is 4.04. The zero-order chi connectivity index (χ0) is 11.0. The maximum atomic E-state index is 5.93. The van der Waals surface area contributed by atoms with Gasteiger partial charge in [0.1, 0.15) is 0 Å². The largest absolute Gasteiger partial charge is 0.328 e. The fraction of sp³-hybridized carbons (Fsp3) is 0.769. The monoisotopic (exact) mass is 219 g/mol. The maximum absolute atomic E-state index is 5.93. The highest BCUT2D eigenvalue weighted by Crippen LogP contribution is 2.33. The Hall–Kier alpha value is -0.830. The van der Waals surface area contributed by atoms with Crippen molar-refractivity contribution in [1.29, 1.82) is 0 Å². The zero-order valence-corrected chi connectivity index (χ0v) is 9.81. The molecule has 0 saturated heterocycles. The number of nitrogens with two attached hydrogens (primary N) is 1. The van der Waals surface area contributed by atoms with Crippen LogP contribution in [-0.2, 0) is 6.54 Å². The highest BCUT2D eigenvalue weighted by atomic mass is 15.3. The average molecular weight is 219 g/mol. The van der Waals surface area contributed by atoms with Gasteiger partial charge in [-0.25, -0.2) is 0 Å². The molecule has 0 bridgehead atoms. The van der Waals surface area contributed by atoms with Crippen molar-refractivity contribution in [2.45, 2.75) is 57.0 Å². The van der Waals surface area contributed by atoms with Gasteiger partial charge in [0, 0.05) is 18.8 Å². The van der Waals surface area contributed by atoms with Crippen molar-refractivity contribution < 1.29 is 0 Å². The molecular formula is C13H21N3. The van der Waals surface area contributed by atoms with Crippen LogP contribution in [0.4, 0.5) is 0 Å². The molecule has 0 aromatic carbocycles. The molecule has 2 fully saturated rings. The first-order chi connectivity index (χ1) is 7.81. The Morgan fingerprint density at radius 2 is 1.94 bits per heavy atom. The molecule has 0 aliphatic heterocycles. The predicted octanol–water partition coefficient (Wildman–Crippen LogP) is 2.28. The Morgan fingerprint density at radius 3 is 2.62 bits per heavy atom. The standard InChI is InChI=1S/C13H21N3/c14-13-5-3-11(4-6-13)12-7-15-16(9-12)8-10-1-2-10/h7,9-11,13H,1-6,8,14H2.